The van der Waals surface area contributed by atoms with Gasteiger partial charge in [-0.05, 0) is 43.9 Å². The fraction of sp³-hybridized carbons (Fsp3) is 0.421. The lowest BCUT2D eigenvalue weighted by Gasteiger charge is -2.05. The number of imidazole rings is 2. The molecule has 0 bridgehead atoms. The van der Waals surface area contributed by atoms with Gasteiger partial charge in [-0.1, -0.05) is 6.07 Å². The van der Waals surface area contributed by atoms with E-state index in [2.05, 4.69) is 41.3 Å². The number of benzene rings is 1. The molecule has 132 valence electrons. The number of aryl methyl sites for hydroxylation is 4. The highest BCUT2D eigenvalue weighted by Gasteiger charge is 2.07. The maximum Gasteiger partial charge on any atom is 0.220 e. The molecule has 0 saturated carbocycles. The van der Waals surface area contributed by atoms with Crippen molar-refractivity contribution >= 4 is 16.9 Å². The maximum atomic E-state index is 11.8. The Labute approximate surface area is 147 Å². The molecule has 2 heterocycles. The van der Waals surface area contributed by atoms with E-state index in [9.17, 15) is 4.79 Å². The summed E-state index contributed by atoms with van der Waals surface area (Å²) in [6, 6.07) is 4.19. The molecule has 2 aromatic heterocycles. The van der Waals surface area contributed by atoms with Gasteiger partial charge in [0.1, 0.15) is 5.82 Å². The Hall–Kier alpha value is -2.63. The van der Waals surface area contributed by atoms with Gasteiger partial charge >= 0.3 is 0 Å². The van der Waals surface area contributed by atoms with Crippen LogP contribution in [-0.2, 0) is 17.8 Å². The summed E-state index contributed by atoms with van der Waals surface area (Å²) >= 11 is 0. The molecule has 0 unspecified atom stereocenters. The summed E-state index contributed by atoms with van der Waals surface area (Å²) in [5, 5.41) is 2.98. The van der Waals surface area contributed by atoms with Gasteiger partial charge < -0.3 is 14.9 Å². The van der Waals surface area contributed by atoms with Gasteiger partial charge in [-0.15, -0.1) is 0 Å². The van der Waals surface area contributed by atoms with Crippen molar-refractivity contribution in [1.29, 1.82) is 0 Å². The Kier molecular flexibility index (Phi) is 5.48. The molecule has 0 fully saturated rings. The van der Waals surface area contributed by atoms with Crippen molar-refractivity contribution in [3.63, 3.8) is 0 Å². The highest BCUT2D eigenvalue weighted by Crippen LogP contribution is 2.19. The van der Waals surface area contributed by atoms with Crippen LogP contribution in [-0.4, -0.2) is 32.0 Å². The summed E-state index contributed by atoms with van der Waals surface area (Å²) in [7, 11) is 0. The van der Waals surface area contributed by atoms with Crippen LogP contribution in [0.2, 0.25) is 0 Å². The van der Waals surface area contributed by atoms with Crippen molar-refractivity contribution in [3.8, 4) is 0 Å². The van der Waals surface area contributed by atoms with Gasteiger partial charge in [-0.2, -0.15) is 0 Å². The smallest absolute Gasteiger partial charge is 0.220 e. The van der Waals surface area contributed by atoms with Gasteiger partial charge in [-0.25, -0.2) is 9.97 Å². The molecule has 1 amide bonds. The molecule has 0 aliphatic heterocycles. The summed E-state index contributed by atoms with van der Waals surface area (Å²) < 4.78 is 1.98. The molecule has 0 aliphatic carbocycles. The van der Waals surface area contributed by atoms with E-state index >= 15 is 0 Å². The predicted molar refractivity (Wildman–Crippen MR) is 98.4 cm³/mol. The van der Waals surface area contributed by atoms with Crippen LogP contribution in [0.5, 0.6) is 0 Å². The summed E-state index contributed by atoms with van der Waals surface area (Å²) in [6.45, 7) is 5.71. The SMILES string of the molecule is Cc1ccc2[nH]c(CCCNC(=O)CCCn3ccnc3)nc2c1C. The molecule has 0 aliphatic rings. The Morgan fingerprint density at radius 1 is 1.28 bits per heavy atom. The Morgan fingerprint density at radius 2 is 2.16 bits per heavy atom. The fourth-order valence-electron chi connectivity index (χ4n) is 2.90. The van der Waals surface area contributed by atoms with E-state index in [4.69, 9.17) is 4.98 Å². The minimum absolute atomic E-state index is 0.108. The van der Waals surface area contributed by atoms with Gasteiger partial charge in [-0.3, -0.25) is 4.79 Å². The van der Waals surface area contributed by atoms with Crippen LogP contribution in [0.3, 0.4) is 0 Å². The largest absolute Gasteiger partial charge is 0.356 e. The van der Waals surface area contributed by atoms with Gasteiger partial charge in [0.2, 0.25) is 5.91 Å². The van der Waals surface area contributed by atoms with Crippen LogP contribution in [0.1, 0.15) is 36.2 Å². The third kappa shape index (κ3) is 4.47. The molecular formula is C19H25N5O. The number of nitrogens with zero attached hydrogens (tertiary/aromatic N) is 3. The van der Waals surface area contributed by atoms with Gasteiger partial charge in [0.25, 0.3) is 0 Å². The highest BCUT2D eigenvalue weighted by molar-refractivity contribution is 5.79. The van der Waals surface area contributed by atoms with Crippen molar-refractivity contribution in [3.05, 3.63) is 47.8 Å². The number of hydrogen-bond donors (Lipinski definition) is 2. The van der Waals surface area contributed by atoms with Crippen molar-refractivity contribution in [2.75, 3.05) is 6.54 Å². The first-order chi connectivity index (χ1) is 12.1. The number of hydrogen-bond acceptors (Lipinski definition) is 3. The molecule has 3 aromatic rings. The second kappa shape index (κ2) is 7.96. The van der Waals surface area contributed by atoms with E-state index in [1.807, 2.05) is 10.8 Å². The molecule has 0 radical (unpaired) electrons. The first-order valence-electron chi connectivity index (χ1n) is 8.81. The zero-order valence-electron chi connectivity index (χ0n) is 14.9. The molecule has 3 rings (SSSR count). The molecule has 6 heteroatoms. The Bertz CT molecular complexity index is 835. The summed E-state index contributed by atoms with van der Waals surface area (Å²) in [4.78, 5) is 23.9. The molecule has 0 atom stereocenters. The second-order valence-electron chi connectivity index (χ2n) is 6.44. The number of nitrogens with one attached hydrogen (secondary N) is 2. The lowest BCUT2D eigenvalue weighted by Crippen LogP contribution is -2.24. The molecule has 1 aromatic carbocycles. The van der Waals surface area contributed by atoms with Crippen molar-refractivity contribution in [1.82, 2.24) is 24.8 Å². The van der Waals surface area contributed by atoms with E-state index < -0.39 is 0 Å². The first-order valence-corrected chi connectivity index (χ1v) is 8.81. The molecule has 0 saturated heterocycles. The topological polar surface area (TPSA) is 75.6 Å². The monoisotopic (exact) mass is 339 g/mol. The van der Waals surface area contributed by atoms with Crippen LogP contribution >= 0.6 is 0 Å². The summed E-state index contributed by atoms with van der Waals surface area (Å²) in [6.07, 6.45) is 8.52. The van der Waals surface area contributed by atoms with Gasteiger partial charge in [0, 0.05) is 38.3 Å². The normalized spacial score (nSPS) is 11.1. The zero-order valence-corrected chi connectivity index (χ0v) is 14.9. The Morgan fingerprint density at radius 3 is 2.96 bits per heavy atom. The minimum atomic E-state index is 0.108. The lowest BCUT2D eigenvalue weighted by molar-refractivity contribution is -0.121. The van der Waals surface area contributed by atoms with E-state index in [0.29, 0.717) is 13.0 Å². The number of rotatable bonds is 8. The number of amides is 1. The number of fused-ring (bicyclic) bond motifs is 1. The molecular weight excluding hydrogens is 314 g/mol. The summed E-state index contributed by atoms with van der Waals surface area (Å²) in [5.74, 6) is 1.09. The molecule has 2 N–H and O–H groups in total. The highest BCUT2D eigenvalue weighted by atomic mass is 16.1. The minimum Gasteiger partial charge on any atom is -0.356 e. The molecule has 25 heavy (non-hydrogen) atoms. The first kappa shape index (κ1) is 17.2. The second-order valence-corrected chi connectivity index (χ2v) is 6.44. The number of carbonyl (C=O) groups excluding carboxylic acids is 1. The third-order valence-electron chi connectivity index (χ3n) is 4.52. The number of H-pyrrole nitrogens is 1. The fourth-order valence-corrected chi connectivity index (χ4v) is 2.90. The maximum absolute atomic E-state index is 11.8. The van der Waals surface area contributed by atoms with Crippen molar-refractivity contribution < 1.29 is 4.79 Å². The molecule has 0 spiro atoms. The van der Waals surface area contributed by atoms with E-state index in [1.165, 1.54) is 11.1 Å². The van der Waals surface area contributed by atoms with Crippen LogP contribution in [0.15, 0.2) is 30.9 Å². The van der Waals surface area contributed by atoms with Gasteiger partial charge in [0.05, 0.1) is 17.4 Å². The van der Waals surface area contributed by atoms with Crippen LogP contribution in [0, 0.1) is 13.8 Å². The number of aromatic amines is 1. The van der Waals surface area contributed by atoms with Gasteiger partial charge in [0.15, 0.2) is 0 Å². The number of aromatic nitrogens is 4. The third-order valence-corrected chi connectivity index (χ3v) is 4.52. The van der Waals surface area contributed by atoms with Crippen LogP contribution in [0.4, 0.5) is 0 Å². The predicted octanol–water partition coefficient (Wildman–Crippen LogP) is 2.91. The Balaban J connectivity index is 1.38. The average Bonchev–Trinajstić information content (AvgIpc) is 3.25. The van der Waals surface area contributed by atoms with E-state index in [-0.39, 0.29) is 5.91 Å². The summed E-state index contributed by atoms with van der Waals surface area (Å²) in [5.41, 5.74) is 4.62. The van der Waals surface area contributed by atoms with Crippen LogP contribution < -0.4 is 5.32 Å². The lowest BCUT2D eigenvalue weighted by atomic mass is 10.1. The van der Waals surface area contributed by atoms with Crippen molar-refractivity contribution in [2.24, 2.45) is 0 Å². The molecule has 6 nitrogen and oxygen atoms in total. The average molecular weight is 339 g/mol. The van der Waals surface area contributed by atoms with Crippen molar-refractivity contribution in [2.45, 2.75) is 46.1 Å². The quantitative estimate of drug-likeness (QED) is 0.620. The standard InChI is InChI=1S/C19H25N5O/c1-14-7-8-16-19(15(14)2)23-17(22-16)5-3-9-21-18(25)6-4-11-24-12-10-20-13-24/h7-8,10,12-13H,3-6,9,11H2,1-2H3,(H,21,25)(H,22,23). The van der Waals surface area contributed by atoms with E-state index in [0.717, 1.165) is 42.7 Å². The van der Waals surface area contributed by atoms with E-state index in [1.54, 1.807) is 12.5 Å². The zero-order chi connectivity index (χ0) is 17.6. The van der Waals surface area contributed by atoms with Crippen LogP contribution in [0.25, 0.3) is 11.0 Å². The number of carbonyl (C=O) groups is 1.